The van der Waals surface area contributed by atoms with Crippen LogP contribution >= 0.6 is 11.6 Å². The fourth-order valence-electron chi connectivity index (χ4n) is 7.34. The van der Waals surface area contributed by atoms with Crippen molar-refractivity contribution in [3.8, 4) is 17.2 Å². The van der Waals surface area contributed by atoms with E-state index in [0.717, 1.165) is 86.0 Å². The van der Waals surface area contributed by atoms with Gasteiger partial charge in [-0.15, -0.1) is 10.2 Å². The standard InChI is InChI=1S/C43H55ClN8O5/c1-6-8-22-50(7-2)42-48-47-38-21-17-30(28-51(38)42)57-36-20-19-34(31-13-9-10-14-32(31)36)45-41(53)46-39-27-37(43(3,4)5)49-52(39)35-26-29(16-18-33(35)44)54-24-25-56-40-15-11-12-23-55-40/h9-10,13-14,16-18,21,26-28,34,36,40H,6-8,11-12,15,19-20,22-25H2,1-5H3,(H2,45,46,53)/t34?,36-,40?/m1/s1. The van der Waals surface area contributed by atoms with Gasteiger partial charge in [0.1, 0.15) is 30.0 Å². The quantitative estimate of drug-likeness (QED) is 0.0997. The number of hydrogen-bond acceptors (Lipinski definition) is 9. The lowest BCUT2D eigenvalue weighted by Gasteiger charge is -2.32. The van der Waals surface area contributed by atoms with Gasteiger partial charge in [0.2, 0.25) is 5.95 Å². The number of rotatable bonds is 15. The molecule has 7 rings (SSSR count). The third-order valence-electron chi connectivity index (χ3n) is 10.5. The summed E-state index contributed by atoms with van der Waals surface area (Å²) in [6.07, 6.45) is 8.26. The Hall–Kier alpha value is -4.85. The first-order valence-corrected chi connectivity index (χ1v) is 20.7. The third-order valence-corrected chi connectivity index (χ3v) is 10.8. The maximum atomic E-state index is 13.8. The van der Waals surface area contributed by atoms with Gasteiger partial charge in [-0.25, -0.2) is 9.48 Å². The van der Waals surface area contributed by atoms with Crippen molar-refractivity contribution in [2.45, 2.75) is 103 Å². The Bertz CT molecular complexity index is 2120. The molecule has 0 saturated carbocycles. The van der Waals surface area contributed by atoms with E-state index in [1.165, 1.54) is 0 Å². The number of carbonyl (C=O) groups is 1. The van der Waals surface area contributed by atoms with Gasteiger partial charge in [-0.05, 0) is 80.8 Å². The maximum Gasteiger partial charge on any atom is 0.320 e. The first kappa shape index (κ1) is 40.4. The molecule has 2 aromatic carbocycles. The molecule has 3 aromatic heterocycles. The van der Waals surface area contributed by atoms with Gasteiger partial charge in [-0.1, -0.05) is 70.0 Å². The van der Waals surface area contributed by atoms with E-state index in [0.29, 0.717) is 48.3 Å². The number of amides is 2. The zero-order valence-corrected chi connectivity index (χ0v) is 34.4. The smallest absolute Gasteiger partial charge is 0.320 e. The molecule has 2 amide bonds. The highest BCUT2D eigenvalue weighted by molar-refractivity contribution is 6.32. The first-order valence-electron chi connectivity index (χ1n) is 20.3. The fourth-order valence-corrected chi connectivity index (χ4v) is 7.53. The highest BCUT2D eigenvalue weighted by atomic mass is 35.5. The number of benzene rings is 2. The van der Waals surface area contributed by atoms with Crippen molar-refractivity contribution in [2.75, 3.05) is 43.1 Å². The van der Waals surface area contributed by atoms with Crippen LogP contribution in [0.2, 0.25) is 5.02 Å². The van der Waals surface area contributed by atoms with Crippen LogP contribution in [0, 0.1) is 0 Å². The lowest BCUT2D eigenvalue weighted by molar-refractivity contribution is -0.165. The average Bonchev–Trinajstić information content (AvgIpc) is 3.83. The molecule has 14 heteroatoms. The number of nitrogens with zero attached hydrogens (tertiary/aromatic N) is 6. The summed E-state index contributed by atoms with van der Waals surface area (Å²) >= 11 is 6.77. The molecule has 5 aromatic rings. The van der Waals surface area contributed by atoms with Crippen molar-refractivity contribution >= 4 is 35.0 Å². The lowest BCUT2D eigenvalue weighted by atomic mass is 9.85. The summed E-state index contributed by atoms with van der Waals surface area (Å²) in [5.74, 6) is 2.64. The normalized spacial score (nSPS) is 18.2. The van der Waals surface area contributed by atoms with Gasteiger partial charge >= 0.3 is 6.03 Å². The second kappa shape index (κ2) is 18.2. The van der Waals surface area contributed by atoms with Gasteiger partial charge in [-0.3, -0.25) is 9.72 Å². The molecule has 2 unspecified atom stereocenters. The number of anilines is 2. The second-order valence-electron chi connectivity index (χ2n) is 15.7. The molecule has 0 bridgehead atoms. The highest BCUT2D eigenvalue weighted by Crippen LogP contribution is 2.39. The van der Waals surface area contributed by atoms with E-state index in [1.54, 1.807) is 10.7 Å². The first-order chi connectivity index (χ1) is 27.6. The molecule has 3 atom stereocenters. The minimum Gasteiger partial charge on any atom is -0.491 e. The third kappa shape index (κ3) is 9.65. The van der Waals surface area contributed by atoms with Crippen LogP contribution in [-0.2, 0) is 14.9 Å². The minimum atomic E-state index is -0.351. The molecule has 13 nitrogen and oxygen atoms in total. The summed E-state index contributed by atoms with van der Waals surface area (Å²) in [6, 6.07) is 18.8. The van der Waals surface area contributed by atoms with Gasteiger partial charge in [0.05, 0.1) is 35.2 Å². The van der Waals surface area contributed by atoms with Crippen molar-refractivity contribution in [3.05, 3.63) is 88.7 Å². The molecule has 57 heavy (non-hydrogen) atoms. The maximum absolute atomic E-state index is 13.8. The molecule has 304 valence electrons. The predicted molar refractivity (Wildman–Crippen MR) is 222 cm³/mol. The second-order valence-corrected chi connectivity index (χ2v) is 16.1. The van der Waals surface area contributed by atoms with Gasteiger partial charge in [0.25, 0.3) is 0 Å². The van der Waals surface area contributed by atoms with Crippen molar-refractivity contribution in [3.63, 3.8) is 0 Å². The molecule has 1 aliphatic carbocycles. The Kier molecular flexibility index (Phi) is 12.9. The number of carbonyl (C=O) groups excluding carboxylic acids is 1. The van der Waals surface area contributed by atoms with E-state index in [1.807, 2.05) is 53.1 Å². The van der Waals surface area contributed by atoms with Crippen molar-refractivity contribution in [2.24, 2.45) is 0 Å². The summed E-state index contributed by atoms with van der Waals surface area (Å²) in [5, 5.41) is 20.6. The highest BCUT2D eigenvalue weighted by Gasteiger charge is 2.30. The summed E-state index contributed by atoms with van der Waals surface area (Å²) < 4.78 is 27.9. The van der Waals surface area contributed by atoms with E-state index >= 15 is 0 Å². The van der Waals surface area contributed by atoms with Crippen LogP contribution in [-0.4, -0.2) is 69.6 Å². The Balaban J connectivity index is 1.05. The number of ether oxygens (including phenoxy) is 4. The molecule has 2 aliphatic rings. The van der Waals surface area contributed by atoms with Crippen LogP contribution in [0.4, 0.5) is 16.6 Å². The van der Waals surface area contributed by atoms with Gasteiger partial charge < -0.3 is 29.2 Å². The van der Waals surface area contributed by atoms with Crippen molar-refractivity contribution < 1.29 is 23.7 Å². The van der Waals surface area contributed by atoms with Crippen molar-refractivity contribution in [1.29, 1.82) is 0 Å². The van der Waals surface area contributed by atoms with E-state index < -0.39 is 0 Å². The van der Waals surface area contributed by atoms with E-state index in [2.05, 4.69) is 72.5 Å². The minimum absolute atomic E-state index is 0.178. The predicted octanol–water partition coefficient (Wildman–Crippen LogP) is 9.19. The molecule has 0 radical (unpaired) electrons. The largest absolute Gasteiger partial charge is 0.491 e. The molecule has 2 N–H and O–H groups in total. The Morgan fingerprint density at radius 1 is 0.982 bits per heavy atom. The summed E-state index contributed by atoms with van der Waals surface area (Å²) in [6.45, 7) is 13.8. The van der Waals surface area contributed by atoms with Gasteiger partial charge in [0, 0.05) is 37.2 Å². The van der Waals surface area contributed by atoms with Gasteiger partial charge in [-0.2, -0.15) is 5.10 Å². The van der Waals surface area contributed by atoms with Crippen LogP contribution in [0.15, 0.2) is 66.9 Å². The van der Waals surface area contributed by atoms with Crippen LogP contribution in [0.25, 0.3) is 11.3 Å². The SMILES string of the molecule is CCCCN(CC)c1nnc2ccc(O[C@@H]3CCC(NC(=O)Nc4cc(C(C)(C)C)nn4-c4cc(OCCOC5CCCCO5)ccc4Cl)c4ccccc43)cn12. The van der Waals surface area contributed by atoms with Crippen LogP contribution < -0.4 is 25.0 Å². The van der Waals surface area contributed by atoms with Gasteiger partial charge in [0.15, 0.2) is 11.9 Å². The molecular weight excluding hydrogens is 744 g/mol. The molecule has 4 heterocycles. The van der Waals surface area contributed by atoms with Crippen LogP contribution in [0.5, 0.6) is 11.5 Å². The van der Waals surface area contributed by atoms with Crippen LogP contribution in [0.1, 0.15) is 109 Å². The van der Waals surface area contributed by atoms with Crippen molar-refractivity contribution in [1.82, 2.24) is 29.7 Å². The van der Waals surface area contributed by atoms with Crippen LogP contribution in [0.3, 0.4) is 0 Å². The number of aromatic nitrogens is 5. The van der Waals surface area contributed by atoms with E-state index in [9.17, 15) is 4.79 Å². The number of unbranched alkanes of at least 4 members (excludes halogenated alkanes) is 1. The number of hydrogen-bond donors (Lipinski definition) is 2. The monoisotopic (exact) mass is 798 g/mol. The zero-order valence-electron chi connectivity index (χ0n) is 33.7. The average molecular weight is 799 g/mol. The number of pyridine rings is 1. The molecular formula is C43H55ClN8O5. The molecule has 1 fully saturated rings. The molecule has 1 aliphatic heterocycles. The summed E-state index contributed by atoms with van der Waals surface area (Å²) in [4.78, 5) is 16.1. The fraction of sp³-hybridized carbons (Fsp3) is 0.488. The number of fused-ring (bicyclic) bond motifs is 2. The van der Waals surface area contributed by atoms with E-state index in [-0.39, 0.29) is 29.9 Å². The van der Waals surface area contributed by atoms with E-state index in [4.69, 9.17) is 35.6 Å². The molecule has 1 saturated heterocycles. The Morgan fingerprint density at radius 3 is 2.58 bits per heavy atom. The number of urea groups is 1. The Morgan fingerprint density at radius 2 is 1.81 bits per heavy atom. The summed E-state index contributed by atoms with van der Waals surface area (Å²) in [5.41, 5.74) is 3.92. The lowest BCUT2D eigenvalue weighted by Crippen LogP contribution is -2.36. The number of halogens is 1. The molecule has 0 spiro atoms. The zero-order chi connectivity index (χ0) is 39.9. The topological polar surface area (TPSA) is 129 Å². The Labute approximate surface area is 340 Å². The summed E-state index contributed by atoms with van der Waals surface area (Å²) in [7, 11) is 0. The number of nitrogens with one attached hydrogen (secondary N) is 2.